The molecule has 1 aromatic rings. The zero-order valence-electron chi connectivity index (χ0n) is 13.2. The highest BCUT2D eigenvalue weighted by atomic mass is 32.2. The van der Waals surface area contributed by atoms with Gasteiger partial charge in [0.1, 0.15) is 0 Å². The molecule has 3 heterocycles. The Labute approximate surface area is 135 Å². The molecule has 1 saturated heterocycles. The average Bonchev–Trinajstić information content (AvgIpc) is 3.02. The Kier molecular flexibility index (Phi) is 4.69. The zero-order valence-corrected chi connectivity index (χ0v) is 14.0. The van der Waals surface area contributed by atoms with E-state index >= 15 is 0 Å². The average molecular weight is 342 g/mol. The minimum absolute atomic E-state index is 0.0383. The van der Waals surface area contributed by atoms with Crippen LogP contribution < -0.4 is 0 Å². The SMILES string of the molecule is CCS(=O)(=O)N1CCOCC1CC(=O)N1CCc2[nH]ncc2C1. The number of hydrogen-bond acceptors (Lipinski definition) is 5. The van der Waals surface area contributed by atoms with Gasteiger partial charge in [-0.3, -0.25) is 9.89 Å². The third-order valence-corrected chi connectivity index (χ3v) is 6.38. The van der Waals surface area contributed by atoms with Crippen LogP contribution in [0.1, 0.15) is 24.6 Å². The number of hydrogen-bond donors (Lipinski definition) is 1. The van der Waals surface area contributed by atoms with E-state index < -0.39 is 16.1 Å². The minimum atomic E-state index is -3.32. The van der Waals surface area contributed by atoms with Gasteiger partial charge in [-0.1, -0.05) is 0 Å². The summed E-state index contributed by atoms with van der Waals surface area (Å²) in [6.07, 6.45) is 2.65. The van der Waals surface area contributed by atoms with E-state index in [1.807, 2.05) is 0 Å². The van der Waals surface area contributed by atoms with Crippen molar-refractivity contribution in [3.63, 3.8) is 0 Å². The van der Waals surface area contributed by atoms with Crippen molar-refractivity contribution in [1.29, 1.82) is 0 Å². The maximum Gasteiger partial charge on any atom is 0.224 e. The molecule has 3 rings (SSSR count). The molecule has 0 bridgehead atoms. The first-order chi connectivity index (χ1) is 11.0. The number of nitrogens with zero attached hydrogens (tertiary/aromatic N) is 3. The summed E-state index contributed by atoms with van der Waals surface area (Å²) in [7, 11) is -3.32. The minimum Gasteiger partial charge on any atom is -0.378 e. The van der Waals surface area contributed by atoms with Crippen LogP contribution in [0.4, 0.5) is 0 Å². The van der Waals surface area contributed by atoms with E-state index in [-0.39, 0.29) is 24.7 Å². The van der Waals surface area contributed by atoms with Gasteiger partial charge < -0.3 is 9.64 Å². The van der Waals surface area contributed by atoms with Crippen molar-refractivity contribution in [2.45, 2.75) is 32.4 Å². The molecule has 0 aromatic carbocycles. The van der Waals surface area contributed by atoms with E-state index in [2.05, 4.69) is 10.2 Å². The van der Waals surface area contributed by atoms with E-state index in [1.54, 1.807) is 18.0 Å². The van der Waals surface area contributed by atoms with Gasteiger partial charge in [-0.2, -0.15) is 9.40 Å². The lowest BCUT2D eigenvalue weighted by atomic mass is 10.1. The number of nitrogens with one attached hydrogen (secondary N) is 1. The normalized spacial score (nSPS) is 22.8. The third-order valence-electron chi connectivity index (χ3n) is 4.46. The van der Waals surface area contributed by atoms with Gasteiger partial charge in [0.2, 0.25) is 15.9 Å². The molecule has 0 radical (unpaired) electrons. The monoisotopic (exact) mass is 342 g/mol. The van der Waals surface area contributed by atoms with Crippen LogP contribution in [0.5, 0.6) is 0 Å². The topological polar surface area (TPSA) is 95.6 Å². The highest BCUT2D eigenvalue weighted by Gasteiger charge is 2.34. The number of aromatic nitrogens is 2. The lowest BCUT2D eigenvalue weighted by molar-refractivity contribution is -0.134. The molecular weight excluding hydrogens is 320 g/mol. The van der Waals surface area contributed by atoms with Gasteiger partial charge in [-0.15, -0.1) is 0 Å². The quantitative estimate of drug-likeness (QED) is 0.813. The Balaban J connectivity index is 1.67. The van der Waals surface area contributed by atoms with Gasteiger partial charge in [-0.05, 0) is 6.92 Å². The first-order valence-electron chi connectivity index (χ1n) is 7.87. The number of H-pyrrole nitrogens is 1. The standard InChI is InChI=1S/C14H22N4O4S/c1-2-23(20,21)18-5-6-22-10-12(18)7-14(19)17-4-3-13-11(9-17)8-15-16-13/h8,12H,2-7,9-10H2,1H3,(H,15,16). The Hall–Kier alpha value is -1.45. The molecule has 1 amide bonds. The molecule has 1 atom stereocenters. The van der Waals surface area contributed by atoms with Crippen LogP contribution in [0.2, 0.25) is 0 Å². The van der Waals surface area contributed by atoms with E-state index in [1.165, 1.54) is 4.31 Å². The van der Waals surface area contributed by atoms with E-state index in [4.69, 9.17) is 4.74 Å². The summed E-state index contributed by atoms with van der Waals surface area (Å²) in [5.74, 6) is 0.00317. The van der Waals surface area contributed by atoms with Crippen molar-refractivity contribution >= 4 is 15.9 Å². The molecule has 2 aliphatic rings. The van der Waals surface area contributed by atoms with Gasteiger partial charge in [0.25, 0.3) is 0 Å². The van der Waals surface area contributed by atoms with Crippen LogP contribution in [0.3, 0.4) is 0 Å². The summed E-state index contributed by atoms with van der Waals surface area (Å²) in [5.41, 5.74) is 2.10. The van der Waals surface area contributed by atoms with Crippen LogP contribution in [0, 0.1) is 0 Å². The number of amides is 1. The molecule has 0 saturated carbocycles. The molecule has 128 valence electrons. The molecule has 1 aromatic heterocycles. The van der Waals surface area contributed by atoms with Crippen LogP contribution in [0.25, 0.3) is 0 Å². The zero-order chi connectivity index (χ0) is 16.4. The first kappa shape index (κ1) is 16.4. The fraction of sp³-hybridized carbons (Fsp3) is 0.714. The van der Waals surface area contributed by atoms with Crippen molar-refractivity contribution in [3.05, 3.63) is 17.5 Å². The summed E-state index contributed by atoms with van der Waals surface area (Å²) in [6, 6.07) is -0.410. The molecule has 1 N–H and O–H groups in total. The smallest absolute Gasteiger partial charge is 0.224 e. The largest absolute Gasteiger partial charge is 0.378 e. The third kappa shape index (κ3) is 3.41. The van der Waals surface area contributed by atoms with Crippen LogP contribution in [0.15, 0.2) is 6.20 Å². The van der Waals surface area contributed by atoms with Gasteiger partial charge in [0.15, 0.2) is 0 Å². The number of carbonyl (C=O) groups is 1. The second kappa shape index (κ2) is 6.58. The number of carbonyl (C=O) groups excluding carboxylic acids is 1. The molecule has 1 unspecified atom stereocenters. The van der Waals surface area contributed by atoms with Gasteiger partial charge >= 0.3 is 0 Å². The number of morpholine rings is 1. The fourth-order valence-electron chi connectivity index (χ4n) is 3.10. The fourth-order valence-corrected chi connectivity index (χ4v) is 4.37. The molecule has 9 heteroatoms. The number of rotatable bonds is 4. The summed E-state index contributed by atoms with van der Waals surface area (Å²) in [5, 5.41) is 6.94. The van der Waals surface area contributed by atoms with Gasteiger partial charge in [-0.25, -0.2) is 8.42 Å². The predicted octanol–water partition coefficient (Wildman–Crippen LogP) is -0.265. The maximum atomic E-state index is 12.6. The van der Waals surface area contributed by atoms with Gasteiger partial charge in [0.05, 0.1) is 31.2 Å². The van der Waals surface area contributed by atoms with Crippen LogP contribution in [-0.4, -0.2) is 71.8 Å². The number of ether oxygens (including phenoxy) is 1. The molecular formula is C14H22N4O4S. The molecule has 2 aliphatic heterocycles. The molecule has 23 heavy (non-hydrogen) atoms. The number of sulfonamides is 1. The Morgan fingerprint density at radius 3 is 3.09 bits per heavy atom. The summed E-state index contributed by atoms with van der Waals surface area (Å²) < 4.78 is 31.2. The number of aromatic amines is 1. The molecule has 1 fully saturated rings. The van der Waals surface area contributed by atoms with Crippen LogP contribution >= 0.6 is 0 Å². The van der Waals surface area contributed by atoms with E-state index in [0.717, 1.165) is 17.7 Å². The second-order valence-electron chi connectivity index (χ2n) is 5.88. The highest BCUT2D eigenvalue weighted by molar-refractivity contribution is 7.89. The van der Waals surface area contributed by atoms with Crippen molar-refractivity contribution in [2.24, 2.45) is 0 Å². The van der Waals surface area contributed by atoms with Crippen molar-refractivity contribution in [2.75, 3.05) is 32.1 Å². The Morgan fingerprint density at radius 1 is 1.48 bits per heavy atom. The van der Waals surface area contributed by atoms with Gasteiger partial charge in [0, 0.05) is 43.7 Å². The lowest BCUT2D eigenvalue weighted by Gasteiger charge is -2.35. The predicted molar refractivity (Wildman–Crippen MR) is 83.1 cm³/mol. The van der Waals surface area contributed by atoms with Crippen LogP contribution in [-0.2, 0) is 32.5 Å². The number of fused-ring (bicyclic) bond motifs is 1. The lowest BCUT2D eigenvalue weighted by Crippen LogP contribution is -2.51. The Morgan fingerprint density at radius 2 is 2.30 bits per heavy atom. The van der Waals surface area contributed by atoms with Crippen molar-refractivity contribution in [1.82, 2.24) is 19.4 Å². The van der Waals surface area contributed by atoms with E-state index in [9.17, 15) is 13.2 Å². The summed E-state index contributed by atoms with van der Waals surface area (Å²) >= 11 is 0. The van der Waals surface area contributed by atoms with Crippen molar-refractivity contribution in [3.8, 4) is 0 Å². The maximum absolute atomic E-state index is 12.6. The molecule has 0 spiro atoms. The van der Waals surface area contributed by atoms with Crippen molar-refractivity contribution < 1.29 is 17.9 Å². The Bertz CT molecular complexity index is 672. The summed E-state index contributed by atoms with van der Waals surface area (Å²) in [4.78, 5) is 14.3. The van der Waals surface area contributed by atoms with E-state index in [0.29, 0.717) is 26.2 Å². The highest BCUT2D eigenvalue weighted by Crippen LogP contribution is 2.20. The summed E-state index contributed by atoms with van der Waals surface area (Å²) in [6.45, 7) is 3.75. The molecule has 8 nitrogen and oxygen atoms in total. The second-order valence-corrected chi connectivity index (χ2v) is 8.09. The first-order valence-corrected chi connectivity index (χ1v) is 9.48. The molecule has 0 aliphatic carbocycles.